The lowest BCUT2D eigenvalue weighted by Crippen LogP contribution is -2.57. The quantitative estimate of drug-likeness (QED) is 0.609. The van der Waals surface area contributed by atoms with Crippen LogP contribution >= 0.6 is 0 Å². The van der Waals surface area contributed by atoms with Gasteiger partial charge in [-0.05, 0) is 73.5 Å². The molecule has 0 spiro atoms. The smallest absolute Gasteiger partial charge is 0.302 e. The van der Waals surface area contributed by atoms with Crippen molar-refractivity contribution in [2.24, 2.45) is 34.5 Å². The third kappa shape index (κ3) is 2.38. The van der Waals surface area contributed by atoms with Crippen LogP contribution in [0.3, 0.4) is 0 Å². The second-order valence-electron chi connectivity index (χ2n) is 9.70. The molecule has 0 aromatic rings. The van der Waals surface area contributed by atoms with E-state index in [9.17, 15) is 4.79 Å². The molecule has 0 aliphatic heterocycles. The molecule has 130 valence electrons. The molecule has 23 heavy (non-hydrogen) atoms. The van der Waals surface area contributed by atoms with Crippen LogP contribution in [0.5, 0.6) is 0 Å². The molecular weight excluding hydrogens is 284 g/mol. The Hall–Kier alpha value is -0.530. The van der Waals surface area contributed by atoms with Crippen LogP contribution in [0.25, 0.3) is 0 Å². The minimum atomic E-state index is -0.0635. The average Bonchev–Trinajstić information content (AvgIpc) is 2.88. The fourth-order valence-electron chi connectivity index (χ4n) is 7.66. The van der Waals surface area contributed by atoms with E-state index in [1.54, 1.807) is 6.92 Å². The second kappa shape index (κ2) is 5.49. The van der Waals surface area contributed by atoms with E-state index in [1.165, 1.54) is 57.8 Å². The zero-order valence-corrected chi connectivity index (χ0v) is 15.3. The molecule has 0 radical (unpaired) electrons. The predicted octanol–water partition coefficient (Wildman–Crippen LogP) is 5.35. The van der Waals surface area contributed by atoms with Crippen LogP contribution in [0.2, 0.25) is 0 Å². The van der Waals surface area contributed by atoms with Gasteiger partial charge in [0.05, 0.1) is 0 Å². The molecule has 4 rings (SSSR count). The molecule has 0 N–H and O–H groups in total. The Labute approximate surface area is 141 Å². The normalized spacial score (nSPS) is 52.2. The lowest BCUT2D eigenvalue weighted by Gasteiger charge is -2.61. The predicted molar refractivity (Wildman–Crippen MR) is 91.9 cm³/mol. The molecule has 0 heterocycles. The van der Waals surface area contributed by atoms with Gasteiger partial charge in [0.25, 0.3) is 0 Å². The maximum absolute atomic E-state index is 11.7. The van der Waals surface area contributed by atoms with E-state index < -0.39 is 0 Å². The standard InChI is InChI=1S/C21H34O2/c1-14(22)23-19-13-15-16-8-6-10-20(16,2)12-9-17(15)21(3)11-5-4-7-18(19)21/h15-19H,4-13H2,1-3H3/t15-,16-,17-,18+,19-,20-,21+/m0/s1. The van der Waals surface area contributed by atoms with Gasteiger partial charge in [-0.2, -0.15) is 0 Å². The molecule has 0 aromatic carbocycles. The topological polar surface area (TPSA) is 26.3 Å². The van der Waals surface area contributed by atoms with Crippen molar-refractivity contribution in [3.05, 3.63) is 0 Å². The monoisotopic (exact) mass is 318 g/mol. The highest BCUT2D eigenvalue weighted by Gasteiger charge is 2.60. The number of rotatable bonds is 1. The van der Waals surface area contributed by atoms with Crippen molar-refractivity contribution in [1.82, 2.24) is 0 Å². The maximum atomic E-state index is 11.7. The summed E-state index contributed by atoms with van der Waals surface area (Å²) in [5.74, 6) is 3.13. The van der Waals surface area contributed by atoms with Gasteiger partial charge in [-0.15, -0.1) is 0 Å². The highest BCUT2D eigenvalue weighted by Crippen LogP contribution is 2.66. The van der Waals surface area contributed by atoms with Crippen LogP contribution in [0.1, 0.15) is 85.0 Å². The van der Waals surface area contributed by atoms with E-state index in [2.05, 4.69) is 13.8 Å². The van der Waals surface area contributed by atoms with Gasteiger partial charge in [0.2, 0.25) is 0 Å². The largest absolute Gasteiger partial charge is 0.462 e. The Morgan fingerprint density at radius 2 is 1.70 bits per heavy atom. The Bertz CT molecular complexity index is 486. The van der Waals surface area contributed by atoms with Crippen molar-refractivity contribution < 1.29 is 9.53 Å². The van der Waals surface area contributed by atoms with Crippen molar-refractivity contribution in [3.63, 3.8) is 0 Å². The van der Waals surface area contributed by atoms with Crippen molar-refractivity contribution in [2.45, 2.75) is 91.1 Å². The molecule has 4 fully saturated rings. The number of esters is 1. The number of hydrogen-bond donors (Lipinski definition) is 0. The molecular formula is C21H34O2. The summed E-state index contributed by atoms with van der Waals surface area (Å²) >= 11 is 0. The Morgan fingerprint density at radius 3 is 2.48 bits per heavy atom. The summed E-state index contributed by atoms with van der Waals surface area (Å²) < 4.78 is 5.92. The number of hydrogen-bond acceptors (Lipinski definition) is 2. The summed E-state index contributed by atoms with van der Waals surface area (Å²) in [5.41, 5.74) is 1.00. The van der Waals surface area contributed by atoms with E-state index in [0.29, 0.717) is 16.7 Å². The Balaban J connectivity index is 1.68. The SMILES string of the molecule is CC(=O)O[C@H]1C[C@H]2[C@@H]3CCC[C@@]3(C)CC[C@@H]2[C@@]2(C)CCCC[C@H]12. The van der Waals surface area contributed by atoms with Gasteiger partial charge < -0.3 is 4.74 Å². The molecule has 4 aliphatic carbocycles. The van der Waals surface area contributed by atoms with E-state index in [4.69, 9.17) is 4.74 Å². The first-order valence-electron chi connectivity index (χ1n) is 10.1. The molecule has 0 aromatic heterocycles. The zero-order valence-electron chi connectivity index (χ0n) is 15.3. The van der Waals surface area contributed by atoms with Crippen LogP contribution < -0.4 is 0 Å². The molecule has 0 unspecified atom stereocenters. The van der Waals surface area contributed by atoms with Gasteiger partial charge in [-0.3, -0.25) is 4.79 Å². The lowest BCUT2D eigenvalue weighted by molar-refractivity contribution is -0.182. The minimum Gasteiger partial charge on any atom is -0.462 e. The summed E-state index contributed by atoms with van der Waals surface area (Å²) in [6.07, 6.45) is 13.8. The van der Waals surface area contributed by atoms with Gasteiger partial charge in [0.15, 0.2) is 0 Å². The number of fused-ring (bicyclic) bond motifs is 5. The number of ether oxygens (including phenoxy) is 1. The fourth-order valence-corrected chi connectivity index (χ4v) is 7.66. The number of carbonyl (C=O) groups is 1. The third-order valence-corrected chi connectivity index (χ3v) is 8.66. The van der Waals surface area contributed by atoms with Crippen LogP contribution in [0.15, 0.2) is 0 Å². The van der Waals surface area contributed by atoms with Crippen LogP contribution in [0.4, 0.5) is 0 Å². The Kier molecular flexibility index (Phi) is 3.81. The maximum Gasteiger partial charge on any atom is 0.302 e. The van der Waals surface area contributed by atoms with Crippen molar-refractivity contribution in [3.8, 4) is 0 Å². The van der Waals surface area contributed by atoms with E-state index in [-0.39, 0.29) is 12.1 Å². The fraction of sp³-hybridized carbons (Fsp3) is 0.952. The van der Waals surface area contributed by atoms with E-state index in [1.807, 2.05) is 0 Å². The van der Waals surface area contributed by atoms with Gasteiger partial charge in [0.1, 0.15) is 6.10 Å². The Morgan fingerprint density at radius 1 is 0.913 bits per heavy atom. The summed E-state index contributed by atoms with van der Waals surface area (Å²) in [5, 5.41) is 0. The highest BCUT2D eigenvalue weighted by molar-refractivity contribution is 5.66. The van der Waals surface area contributed by atoms with Gasteiger partial charge in [-0.1, -0.05) is 33.1 Å². The van der Waals surface area contributed by atoms with Crippen molar-refractivity contribution >= 4 is 5.97 Å². The molecule has 2 nitrogen and oxygen atoms in total. The summed E-state index contributed by atoms with van der Waals surface area (Å²) in [6.45, 7) is 6.71. The summed E-state index contributed by atoms with van der Waals surface area (Å²) in [4.78, 5) is 11.7. The van der Waals surface area contributed by atoms with Gasteiger partial charge >= 0.3 is 5.97 Å². The van der Waals surface area contributed by atoms with Crippen LogP contribution in [-0.2, 0) is 9.53 Å². The zero-order chi connectivity index (χ0) is 16.2. The second-order valence-corrected chi connectivity index (χ2v) is 9.70. The number of carbonyl (C=O) groups excluding carboxylic acids is 1. The molecule has 4 saturated carbocycles. The lowest BCUT2D eigenvalue weighted by atomic mass is 9.45. The summed E-state index contributed by atoms with van der Waals surface area (Å²) in [6, 6.07) is 0. The molecule has 4 aliphatic rings. The van der Waals surface area contributed by atoms with Gasteiger partial charge in [0, 0.05) is 12.8 Å². The van der Waals surface area contributed by atoms with Crippen LogP contribution in [0, 0.1) is 34.5 Å². The average molecular weight is 319 g/mol. The van der Waals surface area contributed by atoms with Crippen molar-refractivity contribution in [1.29, 1.82) is 0 Å². The van der Waals surface area contributed by atoms with Crippen molar-refractivity contribution in [2.75, 3.05) is 0 Å². The molecule has 0 saturated heterocycles. The van der Waals surface area contributed by atoms with E-state index >= 15 is 0 Å². The van der Waals surface area contributed by atoms with Crippen LogP contribution in [-0.4, -0.2) is 12.1 Å². The summed E-state index contributed by atoms with van der Waals surface area (Å²) in [7, 11) is 0. The first-order valence-corrected chi connectivity index (χ1v) is 10.1. The molecule has 7 atom stereocenters. The first-order chi connectivity index (χ1) is 10.9. The molecule has 0 amide bonds. The third-order valence-electron chi connectivity index (χ3n) is 8.66. The van der Waals surface area contributed by atoms with Gasteiger partial charge in [-0.25, -0.2) is 0 Å². The minimum absolute atomic E-state index is 0.0635. The van der Waals surface area contributed by atoms with E-state index in [0.717, 1.165) is 24.2 Å². The highest BCUT2D eigenvalue weighted by atomic mass is 16.5. The molecule has 0 bridgehead atoms. The first kappa shape index (κ1) is 16.0. The molecule has 2 heteroatoms.